The number of Topliss-reactive ketones (excluding diaryl/α,β-unsaturated/α-hetero) is 1. The van der Waals surface area contributed by atoms with Crippen LogP contribution >= 0.6 is 11.6 Å². The van der Waals surface area contributed by atoms with E-state index in [1.807, 2.05) is 36.4 Å². The fourth-order valence-corrected chi connectivity index (χ4v) is 5.71. The third-order valence-electron chi connectivity index (χ3n) is 8.46. The lowest BCUT2D eigenvalue weighted by atomic mass is 9.96. The van der Waals surface area contributed by atoms with Crippen molar-refractivity contribution in [1.29, 1.82) is 0 Å². The molecule has 4 rings (SSSR count). The molecule has 0 aliphatic heterocycles. The maximum atomic E-state index is 14.5. The second kappa shape index (κ2) is 17.3. The number of hydrogen-bond acceptors (Lipinski definition) is 8. The first-order valence-electron chi connectivity index (χ1n) is 15.6. The van der Waals surface area contributed by atoms with Crippen LogP contribution in [0, 0.1) is 0 Å². The van der Waals surface area contributed by atoms with Gasteiger partial charge in [-0.05, 0) is 90.9 Å². The summed E-state index contributed by atoms with van der Waals surface area (Å²) in [6.07, 6.45) is 10.0. The third-order valence-corrected chi connectivity index (χ3v) is 8.71. The summed E-state index contributed by atoms with van der Waals surface area (Å²) >= 11 is 6.15. The molecule has 0 saturated carbocycles. The van der Waals surface area contributed by atoms with Gasteiger partial charge in [-0.3, -0.25) is 24.4 Å². The summed E-state index contributed by atoms with van der Waals surface area (Å²) < 4.78 is 16.1. The second-order valence-corrected chi connectivity index (χ2v) is 11.8. The number of ether oxygens (including phenoxy) is 3. The summed E-state index contributed by atoms with van der Waals surface area (Å²) in [6.45, 7) is 0. The van der Waals surface area contributed by atoms with E-state index >= 15 is 0 Å². The van der Waals surface area contributed by atoms with Gasteiger partial charge in [-0.15, -0.1) is 0 Å². The molecule has 0 spiro atoms. The van der Waals surface area contributed by atoms with E-state index in [4.69, 9.17) is 25.8 Å². The summed E-state index contributed by atoms with van der Waals surface area (Å²) in [6, 6.07) is 16.6. The van der Waals surface area contributed by atoms with Crippen LogP contribution in [0.5, 0.6) is 17.2 Å². The van der Waals surface area contributed by atoms with Gasteiger partial charge in [0.2, 0.25) is 11.7 Å². The Hall–Kier alpha value is -4.96. The van der Waals surface area contributed by atoms with Crippen molar-refractivity contribution in [2.24, 2.45) is 0 Å². The average molecular weight is 673 g/mol. The third kappa shape index (κ3) is 9.10. The van der Waals surface area contributed by atoms with Crippen LogP contribution in [0.25, 0.3) is 0 Å². The number of nitrogens with zero attached hydrogens (tertiary/aromatic N) is 4. The number of hydrogen-bond donors (Lipinski definition) is 0. The maximum Gasteiger partial charge on any atom is 0.295 e. The number of methoxy groups -OCH3 is 3. The number of benzene rings is 2. The minimum atomic E-state index is -0.987. The number of amides is 2. The Morgan fingerprint density at radius 3 is 1.67 bits per heavy atom. The van der Waals surface area contributed by atoms with Crippen LogP contribution in [0.3, 0.4) is 0 Å². The Bertz CT molecular complexity index is 1600. The first kappa shape index (κ1) is 35.9. The smallest absolute Gasteiger partial charge is 0.295 e. The van der Waals surface area contributed by atoms with Gasteiger partial charge in [0.25, 0.3) is 11.7 Å². The molecule has 2 aromatic heterocycles. The van der Waals surface area contributed by atoms with Gasteiger partial charge >= 0.3 is 0 Å². The number of carbonyl (C=O) groups excluding carboxylic acids is 3. The van der Waals surface area contributed by atoms with Crippen LogP contribution in [0.15, 0.2) is 85.5 Å². The van der Waals surface area contributed by atoms with E-state index in [2.05, 4.69) is 9.97 Å². The molecular weight excluding hydrogens is 632 g/mol. The molecule has 1 atom stereocenters. The van der Waals surface area contributed by atoms with Crippen molar-refractivity contribution in [1.82, 2.24) is 19.8 Å². The number of aryl methyl sites for hydroxylation is 2. The minimum Gasteiger partial charge on any atom is -0.493 e. The first-order chi connectivity index (χ1) is 23.2. The van der Waals surface area contributed by atoms with Crippen molar-refractivity contribution in [2.45, 2.75) is 44.2 Å². The predicted molar refractivity (Wildman–Crippen MR) is 184 cm³/mol. The maximum absolute atomic E-state index is 14.5. The topological polar surface area (TPSA) is 111 Å². The van der Waals surface area contributed by atoms with Crippen molar-refractivity contribution in [3.05, 3.63) is 113 Å². The molecule has 2 heterocycles. The molecule has 10 nitrogen and oxygen atoms in total. The number of likely N-dealkylation sites (N-methyl/N-ethyl adjacent to an activating group) is 2. The molecule has 11 heteroatoms. The number of rotatable bonds is 16. The number of aromatic nitrogens is 2. The van der Waals surface area contributed by atoms with Gasteiger partial charge in [-0.1, -0.05) is 23.7 Å². The van der Waals surface area contributed by atoms with Crippen molar-refractivity contribution < 1.29 is 28.6 Å². The lowest BCUT2D eigenvalue weighted by Gasteiger charge is -2.35. The van der Waals surface area contributed by atoms with E-state index in [9.17, 15) is 14.4 Å². The molecule has 0 radical (unpaired) electrons. The molecule has 0 aliphatic carbocycles. The van der Waals surface area contributed by atoms with Crippen LogP contribution in [-0.2, 0) is 28.9 Å². The molecule has 2 aromatic carbocycles. The van der Waals surface area contributed by atoms with Crippen LogP contribution in [0.2, 0.25) is 5.02 Å². The van der Waals surface area contributed by atoms with Crippen molar-refractivity contribution >= 4 is 29.2 Å². The molecule has 1 unspecified atom stereocenters. The Balaban J connectivity index is 1.64. The highest BCUT2D eigenvalue weighted by Crippen LogP contribution is 2.38. The molecule has 0 aliphatic rings. The fraction of sp³-hybridized carbons (Fsp3) is 0.324. The van der Waals surface area contributed by atoms with Gasteiger partial charge in [0, 0.05) is 61.9 Å². The standard InChI is InChI=1S/C37H41ClN4O6/c1-41(30(12-8-25-14-18-39-19-15-25)13-9-26-16-20-40-21-17-26)36(44)31(22-27-6-10-29(38)11-7-27)42(2)37(45)34(43)28-23-32(46-3)35(48-5)33(24-28)47-4/h6-7,10-11,14-21,23-24,30-31H,8-9,12-13,22H2,1-5H3. The zero-order valence-corrected chi connectivity index (χ0v) is 28.6. The Morgan fingerprint density at radius 1 is 0.708 bits per heavy atom. The number of carbonyl (C=O) groups is 3. The molecule has 0 bridgehead atoms. The summed E-state index contributed by atoms with van der Waals surface area (Å²) in [4.78, 5) is 53.2. The van der Waals surface area contributed by atoms with E-state index in [1.165, 1.54) is 45.4 Å². The quantitative estimate of drug-likeness (QED) is 0.113. The zero-order valence-electron chi connectivity index (χ0n) is 27.9. The van der Waals surface area contributed by atoms with Crippen LogP contribution in [0.1, 0.15) is 39.9 Å². The molecule has 2 amide bonds. The summed E-state index contributed by atoms with van der Waals surface area (Å²) in [5, 5.41) is 0.549. The summed E-state index contributed by atoms with van der Waals surface area (Å²) in [7, 11) is 7.55. The van der Waals surface area contributed by atoms with Crippen molar-refractivity contribution in [3.8, 4) is 17.2 Å². The van der Waals surface area contributed by atoms with Gasteiger partial charge in [0.15, 0.2) is 11.5 Å². The van der Waals surface area contributed by atoms with Gasteiger partial charge in [-0.2, -0.15) is 0 Å². The zero-order chi connectivity index (χ0) is 34.6. The van der Waals surface area contributed by atoms with E-state index in [-0.39, 0.29) is 35.4 Å². The molecule has 48 heavy (non-hydrogen) atoms. The van der Waals surface area contributed by atoms with Crippen LogP contribution in [-0.4, -0.2) is 84.9 Å². The number of pyridine rings is 2. The molecule has 252 valence electrons. The van der Waals surface area contributed by atoms with E-state index in [0.717, 1.165) is 29.5 Å². The normalized spacial score (nSPS) is 11.5. The Morgan fingerprint density at radius 2 is 1.21 bits per heavy atom. The monoisotopic (exact) mass is 672 g/mol. The van der Waals surface area contributed by atoms with Gasteiger partial charge < -0.3 is 24.0 Å². The highest BCUT2D eigenvalue weighted by Gasteiger charge is 2.35. The second-order valence-electron chi connectivity index (χ2n) is 11.4. The number of halogens is 1. The largest absolute Gasteiger partial charge is 0.493 e. The molecular formula is C37H41ClN4O6. The highest BCUT2D eigenvalue weighted by molar-refractivity contribution is 6.43. The van der Waals surface area contributed by atoms with Crippen molar-refractivity contribution in [3.63, 3.8) is 0 Å². The Kier molecular flexibility index (Phi) is 12.9. The molecule has 4 aromatic rings. The summed E-state index contributed by atoms with van der Waals surface area (Å²) in [5.74, 6) is -1.20. The minimum absolute atomic E-state index is 0.0416. The molecule has 0 N–H and O–H groups in total. The predicted octanol–water partition coefficient (Wildman–Crippen LogP) is 5.50. The lowest BCUT2D eigenvalue weighted by Crippen LogP contribution is -2.53. The van der Waals surface area contributed by atoms with Crippen LogP contribution < -0.4 is 14.2 Å². The average Bonchev–Trinajstić information content (AvgIpc) is 3.13. The Labute approximate surface area is 286 Å². The van der Waals surface area contributed by atoms with Gasteiger partial charge in [0.1, 0.15) is 6.04 Å². The summed E-state index contributed by atoms with van der Waals surface area (Å²) in [5.41, 5.74) is 3.05. The fourth-order valence-electron chi connectivity index (χ4n) is 5.58. The SMILES string of the molecule is COc1cc(C(=O)C(=O)N(C)C(Cc2ccc(Cl)cc2)C(=O)N(C)C(CCc2ccncc2)CCc2ccncc2)cc(OC)c1OC. The number of ketones is 1. The highest BCUT2D eigenvalue weighted by atomic mass is 35.5. The van der Waals surface area contributed by atoms with Gasteiger partial charge in [0.05, 0.1) is 21.3 Å². The molecule has 0 fully saturated rings. The van der Waals surface area contributed by atoms with Crippen LogP contribution in [0.4, 0.5) is 0 Å². The van der Waals surface area contributed by atoms with E-state index in [1.54, 1.807) is 48.9 Å². The van der Waals surface area contributed by atoms with Gasteiger partial charge in [-0.25, -0.2) is 0 Å². The van der Waals surface area contributed by atoms with E-state index < -0.39 is 17.7 Å². The van der Waals surface area contributed by atoms with E-state index in [0.29, 0.717) is 23.6 Å². The van der Waals surface area contributed by atoms with Crippen molar-refractivity contribution in [2.75, 3.05) is 35.4 Å². The lowest BCUT2D eigenvalue weighted by molar-refractivity contribution is -0.143. The first-order valence-corrected chi connectivity index (χ1v) is 15.9. The molecule has 0 saturated heterocycles.